The molecule has 1 heteroatoms. The van der Waals surface area contributed by atoms with Crippen LogP contribution in [0.3, 0.4) is 0 Å². The molecule has 0 fully saturated rings. The van der Waals surface area contributed by atoms with Crippen LogP contribution in [0.2, 0.25) is 0 Å². The van der Waals surface area contributed by atoms with Crippen molar-refractivity contribution in [2.45, 2.75) is 123 Å². The highest BCUT2D eigenvalue weighted by Gasteiger charge is 2.10. The first-order valence-electron chi connectivity index (χ1n) is 14.1. The van der Waals surface area contributed by atoms with Crippen LogP contribution in [0.25, 0.3) is 0 Å². The minimum Gasteiger partial charge on any atom is -0.149 e. The Morgan fingerprint density at radius 2 is 0.943 bits per heavy atom. The van der Waals surface area contributed by atoms with E-state index in [0.717, 1.165) is 0 Å². The number of hydrogen-bond acceptors (Lipinski definition) is 1. The average molecular weight is 501 g/mol. The Bertz CT molecular complexity index is 758. The van der Waals surface area contributed by atoms with Gasteiger partial charge in [0.25, 0.3) is 0 Å². The molecule has 0 amide bonds. The Labute approximate surface area is 226 Å². The SMILES string of the molecule is CC.CC.CC.CC.CC.Cc1cccc2c1CCC2.Cc1ccccc1C.Cc1ccsc1C. The zero-order valence-electron chi connectivity index (χ0n) is 26.2. The number of benzene rings is 2. The maximum atomic E-state index is 2.26. The van der Waals surface area contributed by atoms with Gasteiger partial charge in [0, 0.05) is 4.88 Å². The van der Waals surface area contributed by atoms with Crippen molar-refractivity contribution >= 4 is 11.3 Å². The van der Waals surface area contributed by atoms with Crippen LogP contribution in [0, 0.1) is 34.6 Å². The van der Waals surface area contributed by atoms with Crippen LogP contribution in [0.15, 0.2) is 53.9 Å². The number of aryl methyl sites for hydroxylation is 6. The molecule has 3 aromatic rings. The summed E-state index contributed by atoms with van der Waals surface area (Å²) >= 11 is 1.80. The number of hydrogen-bond donors (Lipinski definition) is 0. The Morgan fingerprint density at radius 3 is 1.26 bits per heavy atom. The van der Waals surface area contributed by atoms with Crippen molar-refractivity contribution < 1.29 is 0 Å². The molecule has 2 aromatic carbocycles. The lowest BCUT2D eigenvalue weighted by Gasteiger charge is -2.00. The number of rotatable bonds is 0. The summed E-state index contributed by atoms with van der Waals surface area (Å²) < 4.78 is 0. The molecule has 0 aliphatic heterocycles. The zero-order valence-corrected chi connectivity index (χ0v) is 27.0. The van der Waals surface area contributed by atoms with E-state index in [1.165, 1.54) is 46.4 Å². The third-order valence-corrected chi connectivity index (χ3v) is 5.87. The van der Waals surface area contributed by atoms with E-state index in [9.17, 15) is 0 Å². The van der Waals surface area contributed by atoms with Crippen LogP contribution < -0.4 is 0 Å². The van der Waals surface area contributed by atoms with Gasteiger partial charge in [0.2, 0.25) is 0 Å². The van der Waals surface area contributed by atoms with Crippen LogP contribution in [0.4, 0.5) is 0 Å². The second kappa shape index (κ2) is 30.2. The largest absolute Gasteiger partial charge is 0.149 e. The summed E-state index contributed by atoms with van der Waals surface area (Å²) in [6.07, 6.45) is 3.97. The van der Waals surface area contributed by atoms with E-state index in [2.05, 4.69) is 88.5 Å². The summed E-state index contributed by atoms with van der Waals surface area (Å²) in [5.41, 5.74) is 8.82. The van der Waals surface area contributed by atoms with Gasteiger partial charge in [-0.15, -0.1) is 11.3 Å². The zero-order chi connectivity index (χ0) is 28.2. The van der Waals surface area contributed by atoms with Crippen LogP contribution >= 0.6 is 11.3 Å². The first-order valence-corrected chi connectivity index (χ1v) is 15.0. The van der Waals surface area contributed by atoms with Crippen LogP contribution in [-0.2, 0) is 12.8 Å². The predicted octanol–water partition coefficient (Wildman–Crippen LogP) is 12.3. The molecule has 0 radical (unpaired) electrons. The topological polar surface area (TPSA) is 0 Å². The summed E-state index contributed by atoms with van der Waals surface area (Å²) in [5.74, 6) is 0. The Morgan fingerprint density at radius 1 is 0.486 bits per heavy atom. The van der Waals surface area contributed by atoms with E-state index in [4.69, 9.17) is 0 Å². The molecule has 202 valence electrons. The second-order valence-electron chi connectivity index (χ2n) is 6.81. The van der Waals surface area contributed by atoms with Crippen molar-refractivity contribution in [1.82, 2.24) is 0 Å². The summed E-state index contributed by atoms with van der Waals surface area (Å²) in [6, 6.07) is 17.1. The van der Waals surface area contributed by atoms with Gasteiger partial charge in [0.05, 0.1) is 0 Å². The van der Waals surface area contributed by atoms with E-state index in [1.54, 1.807) is 22.5 Å². The summed E-state index contributed by atoms with van der Waals surface area (Å²) in [7, 11) is 0. The molecule has 1 heterocycles. The summed E-state index contributed by atoms with van der Waals surface area (Å²) in [4.78, 5) is 1.43. The molecule has 1 aliphatic rings. The monoisotopic (exact) mass is 500 g/mol. The van der Waals surface area contributed by atoms with Crippen LogP contribution in [0.1, 0.15) is 114 Å². The molecule has 0 atom stereocenters. The molecule has 0 N–H and O–H groups in total. The van der Waals surface area contributed by atoms with E-state index in [0.29, 0.717) is 0 Å². The minimum atomic E-state index is 1.30. The molecule has 35 heavy (non-hydrogen) atoms. The molecular formula is C34H60S. The minimum absolute atomic E-state index is 1.30. The van der Waals surface area contributed by atoms with Crippen molar-refractivity contribution in [2.24, 2.45) is 0 Å². The van der Waals surface area contributed by atoms with Gasteiger partial charge >= 0.3 is 0 Å². The highest BCUT2D eigenvalue weighted by molar-refractivity contribution is 7.10. The van der Waals surface area contributed by atoms with Gasteiger partial charge in [-0.1, -0.05) is 112 Å². The highest BCUT2D eigenvalue weighted by Crippen LogP contribution is 2.24. The number of fused-ring (bicyclic) bond motifs is 1. The second-order valence-corrected chi connectivity index (χ2v) is 7.93. The quantitative estimate of drug-likeness (QED) is 0.288. The smallest absolute Gasteiger partial charge is 0.00433 e. The first kappa shape index (κ1) is 40.3. The van der Waals surface area contributed by atoms with E-state index in [-0.39, 0.29) is 0 Å². The molecule has 0 unspecified atom stereocenters. The molecule has 0 saturated heterocycles. The van der Waals surface area contributed by atoms with Crippen molar-refractivity contribution in [3.63, 3.8) is 0 Å². The molecule has 4 rings (SSSR count). The average Bonchev–Trinajstić information content (AvgIpc) is 3.57. The summed E-state index contributed by atoms with van der Waals surface area (Å²) in [6.45, 7) is 30.7. The van der Waals surface area contributed by atoms with E-state index < -0.39 is 0 Å². The van der Waals surface area contributed by atoms with Crippen LogP contribution in [0.5, 0.6) is 0 Å². The fourth-order valence-corrected chi connectivity index (χ4v) is 3.65. The first-order chi connectivity index (χ1) is 17.0. The van der Waals surface area contributed by atoms with Crippen molar-refractivity contribution in [3.8, 4) is 0 Å². The predicted molar refractivity (Wildman–Crippen MR) is 170 cm³/mol. The lowest BCUT2D eigenvalue weighted by molar-refractivity contribution is 0.909. The third-order valence-electron chi connectivity index (χ3n) is 4.92. The molecule has 0 nitrogen and oxygen atoms in total. The molecule has 0 spiro atoms. The van der Waals surface area contributed by atoms with Crippen LogP contribution in [-0.4, -0.2) is 0 Å². The maximum absolute atomic E-state index is 2.26. The Hall–Kier alpha value is -1.86. The standard InChI is InChI=1S/C10H12.C8H10.C6H8S.5C2H6/c1-8-4-2-5-9-6-3-7-10(8)9;1-7-5-3-4-6-8(7)2;1-5-3-4-7-6(5)2;5*1-2/h2,4-5H,3,6-7H2,1H3;3-6H,1-2H3;3-4H,1-2H3;5*1-2H3. The fourth-order valence-electron chi connectivity index (χ4n) is 2.92. The normalized spacial score (nSPS) is 9.23. The van der Waals surface area contributed by atoms with Crippen molar-refractivity contribution in [1.29, 1.82) is 0 Å². The van der Waals surface area contributed by atoms with Gasteiger partial charge in [-0.3, -0.25) is 0 Å². The molecule has 1 aliphatic carbocycles. The maximum Gasteiger partial charge on any atom is 0.00433 e. The lowest BCUT2D eigenvalue weighted by atomic mass is 10.1. The van der Waals surface area contributed by atoms with Crippen molar-refractivity contribution in [3.05, 3.63) is 92.2 Å². The van der Waals surface area contributed by atoms with Gasteiger partial charge in [0.1, 0.15) is 0 Å². The molecular weight excluding hydrogens is 440 g/mol. The van der Waals surface area contributed by atoms with E-state index in [1.807, 2.05) is 69.2 Å². The van der Waals surface area contributed by atoms with Crippen molar-refractivity contribution in [2.75, 3.05) is 0 Å². The van der Waals surface area contributed by atoms with Gasteiger partial charge in [0.15, 0.2) is 0 Å². The Balaban J connectivity index is -0.000000176. The fraction of sp³-hybridized carbons (Fsp3) is 0.529. The van der Waals surface area contributed by atoms with Gasteiger partial charge in [-0.05, 0) is 98.7 Å². The van der Waals surface area contributed by atoms with Gasteiger partial charge in [-0.2, -0.15) is 0 Å². The third kappa shape index (κ3) is 19.1. The van der Waals surface area contributed by atoms with E-state index >= 15 is 0 Å². The van der Waals surface area contributed by atoms with Gasteiger partial charge in [-0.25, -0.2) is 0 Å². The van der Waals surface area contributed by atoms with Gasteiger partial charge < -0.3 is 0 Å². The summed E-state index contributed by atoms with van der Waals surface area (Å²) in [5, 5.41) is 2.12. The molecule has 0 saturated carbocycles. The number of thiophene rings is 1. The Kier molecular flexibility index (Phi) is 34.8. The lowest BCUT2D eigenvalue weighted by Crippen LogP contribution is -1.84. The molecule has 0 bridgehead atoms. The molecule has 1 aromatic heterocycles. The highest BCUT2D eigenvalue weighted by atomic mass is 32.1.